The summed E-state index contributed by atoms with van der Waals surface area (Å²) in [7, 11) is 0. The van der Waals surface area contributed by atoms with Gasteiger partial charge in [0.2, 0.25) is 17.7 Å². The van der Waals surface area contributed by atoms with E-state index >= 15 is 0 Å². The van der Waals surface area contributed by atoms with Crippen LogP contribution < -0.4 is 33.2 Å². The second-order valence-corrected chi connectivity index (χ2v) is 8.56. The van der Waals surface area contributed by atoms with Gasteiger partial charge in [-0.25, -0.2) is 4.79 Å². The molecule has 0 aliphatic heterocycles. The largest absolute Gasteiger partial charge is 0.508 e. The zero-order valence-corrected chi connectivity index (χ0v) is 21.1. The average molecular weight is 554 g/mol. The van der Waals surface area contributed by atoms with Crippen LogP contribution in [0.5, 0.6) is 5.75 Å². The van der Waals surface area contributed by atoms with Crippen molar-refractivity contribution in [3.05, 3.63) is 29.8 Å². The number of guanidine groups is 1. The molecule has 0 aromatic heterocycles. The van der Waals surface area contributed by atoms with Crippen LogP contribution in [0.1, 0.15) is 31.2 Å². The quantitative estimate of drug-likeness (QED) is 0.0516. The maximum absolute atomic E-state index is 13.2. The minimum Gasteiger partial charge on any atom is -0.508 e. The second-order valence-electron chi connectivity index (χ2n) is 8.56. The van der Waals surface area contributed by atoms with Crippen molar-refractivity contribution in [1.82, 2.24) is 16.0 Å². The van der Waals surface area contributed by atoms with E-state index in [0.29, 0.717) is 5.56 Å². The summed E-state index contributed by atoms with van der Waals surface area (Å²) in [5.41, 5.74) is 16.6. The molecule has 1 rings (SSSR count). The molecule has 0 aliphatic rings. The maximum atomic E-state index is 13.2. The first-order chi connectivity index (χ1) is 18.3. The number of phenolic OH excluding ortho intramolecular Hbond substituents is 1. The van der Waals surface area contributed by atoms with E-state index in [-0.39, 0.29) is 37.5 Å². The molecule has 4 unspecified atom stereocenters. The molecule has 0 heterocycles. The Balaban J connectivity index is 3.17. The van der Waals surface area contributed by atoms with Crippen molar-refractivity contribution >= 4 is 35.6 Å². The Labute approximate surface area is 223 Å². The number of benzene rings is 1. The van der Waals surface area contributed by atoms with Gasteiger partial charge in [0.05, 0.1) is 6.61 Å². The molecule has 0 saturated heterocycles. The van der Waals surface area contributed by atoms with Crippen molar-refractivity contribution in [1.29, 1.82) is 0 Å². The van der Waals surface area contributed by atoms with Gasteiger partial charge >= 0.3 is 11.9 Å². The number of hydrogen-bond acceptors (Lipinski definition) is 9. The van der Waals surface area contributed by atoms with Crippen LogP contribution in [0.3, 0.4) is 0 Å². The molecule has 0 radical (unpaired) electrons. The summed E-state index contributed by atoms with van der Waals surface area (Å²) in [5.74, 6) is -5.54. The summed E-state index contributed by atoms with van der Waals surface area (Å²) in [6.45, 7) is -0.567. The average Bonchev–Trinajstić information content (AvgIpc) is 2.87. The summed E-state index contributed by atoms with van der Waals surface area (Å²) in [4.78, 5) is 64.8. The first-order valence-electron chi connectivity index (χ1n) is 11.9. The van der Waals surface area contributed by atoms with Crippen molar-refractivity contribution in [2.75, 3.05) is 13.2 Å². The Morgan fingerprint density at radius 1 is 0.846 bits per heavy atom. The van der Waals surface area contributed by atoms with Crippen LogP contribution in [0, 0.1) is 0 Å². The van der Waals surface area contributed by atoms with Crippen molar-refractivity contribution in [3.8, 4) is 5.75 Å². The molecular formula is C23H35N7O9. The number of aliphatic hydroxyl groups is 1. The third kappa shape index (κ3) is 12.6. The van der Waals surface area contributed by atoms with E-state index in [0.717, 1.165) is 0 Å². The Morgan fingerprint density at radius 3 is 1.95 bits per heavy atom. The summed E-state index contributed by atoms with van der Waals surface area (Å²) in [6, 6.07) is 0.194. The first kappa shape index (κ1) is 32.6. The number of nitrogens with one attached hydrogen (secondary N) is 3. The molecule has 216 valence electrons. The molecule has 4 atom stereocenters. The number of aromatic hydroxyl groups is 1. The highest BCUT2D eigenvalue weighted by Crippen LogP contribution is 2.12. The number of aliphatic carboxylic acids is 2. The normalized spacial score (nSPS) is 13.7. The lowest BCUT2D eigenvalue weighted by atomic mass is 10.0. The van der Waals surface area contributed by atoms with E-state index in [1.165, 1.54) is 24.3 Å². The Kier molecular flexibility index (Phi) is 13.7. The van der Waals surface area contributed by atoms with Crippen molar-refractivity contribution in [2.45, 2.75) is 56.3 Å². The molecule has 0 saturated carbocycles. The van der Waals surface area contributed by atoms with Crippen LogP contribution >= 0.6 is 0 Å². The smallest absolute Gasteiger partial charge is 0.326 e. The Bertz CT molecular complexity index is 1030. The molecule has 13 N–H and O–H groups in total. The van der Waals surface area contributed by atoms with Gasteiger partial charge in [-0.2, -0.15) is 0 Å². The van der Waals surface area contributed by atoms with Gasteiger partial charge in [0.1, 0.15) is 29.9 Å². The van der Waals surface area contributed by atoms with Gasteiger partial charge in [-0.05, 0) is 37.0 Å². The van der Waals surface area contributed by atoms with Crippen LogP contribution in [0.4, 0.5) is 0 Å². The predicted octanol–water partition coefficient (Wildman–Crippen LogP) is -3.29. The topological polar surface area (TPSA) is 293 Å². The number of carboxylic acids is 2. The van der Waals surface area contributed by atoms with Gasteiger partial charge < -0.3 is 53.6 Å². The number of nitrogens with two attached hydrogens (primary N) is 3. The van der Waals surface area contributed by atoms with E-state index < -0.39 is 73.3 Å². The van der Waals surface area contributed by atoms with E-state index in [2.05, 4.69) is 20.9 Å². The number of rotatable bonds is 17. The fourth-order valence-corrected chi connectivity index (χ4v) is 3.28. The van der Waals surface area contributed by atoms with Crippen LogP contribution in [0.2, 0.25) is 0 Å². The number of hydrogen-bond donors (Lipinski definition) is 10. The number of aliphatic hydroxyl groups excluding tert-OH is 1. The van der Waals surface area contributed by atoms with Crippen LogP contribution in [-0.2, 0) is 30.4 Å². The van der Waals surface area contributed by atoms with Gasteiger partial charge in [-0.15, -0.1) is 0 Å². The van der Waals surface area contributed by atoms with E-state index in [1.807, 2.05) is 0 Å². The standard InChI is InChI=1S/C23H35N7O9/c24-14(11-31)19(35)28-15(2-1-9-27-23(25)26)20(36)30-17(10-12-3-5-13(32)6-4-12)21(37)29-16(22(38)39)7-8-18(33)34/h3-6,14-17,31-32H,1-2,7-11,24H2,(H,28,35)(H,29,37)(H,30,36)(H,33,34)(H,38,39)(H4,25,26,27). The fraction of sp³-hybridized carbons (Fsp3) is 0.478. The number of carbonyl (C=O) groups is 5. The highest BCUT2D eigenvalue weighted by atomic mass is 16.4. The molecule has 1 aromatic rings. The highest BCUT2D eigenvalue weighted by molar-refractivity contribution is 5.94. The number of nitrogens with zero attached hydrogens (tertiary/aromatic N) is 1. The number of carbonyl (C=O) groups excluding carboxylic acids is 3. The second kappa shape index (κ2) is 16.4. The molecule has 39 heavy (non-hydrogen) atoms. The van der Waals surface area contributed by atoms with Gasteiger partial charge in [-0.1, -0.05) is 12.1 Å². The van der Waals surface area contributed by atoms with Crippen LogP contribution in [-0.4, -0.2) is 93.4 Å². The fourth-order valence-electron chi connectivity index (χ4n) is 3.28. The van der Waals surface area contributed by atoms with Gasteiger partial charge in [0.15, 0.2) is 5.96 Å². The van der Waals surface area contributed by atoms with E-state index in [1.54, 1.807) is 0 Å². The Morgan fingerprint density at radius 2 is 1.41 bits per heavy atom. The first-order valence-corrected chi connectivity index (χ1v) is 11.9. The lowest BCUT2D eigenvalue weighted by Gasteiger charge is -2.25. The SMILES string of the molecule is NC(N)=NCCCC(NC(=O)C(N)CO)C(=O)NC(Cc1ccc(O)cc1)C(=O)NC(CCC(=O)O)C(=O)O. The van der Waals surface area contributed by atoms with Crippen molar-refractivity contribution in [2.24, 2.45) is 22.2 Å². The third-order valence-electron chi connectivity index (χ3n) is 5.38. The zero-order valence-electron chi connectivity index (χ0n) is 21.1. The van der Waals surface area contributed by atoms with Gasteiger partial charge in [0, 0.05) is 19.4 Å². The Hall–Kier alpha value is -4.44. The van der Waals surface area contributed by atoms with Crippen LogP contribution in [0.15, 0.2) is 29.3 Å². The maximum Gasteiger partial charge on any atom is 0.326 e. The number of aliphatic imine (C=N–C) groups is 1. The molecular weight excluding hydrogens is 518 g/mol. The monoisotopic (exact) mass is 553 g/mol. The van der Waals surface area contributed by atoms with Crippen molar-refractivity contribution < 1.29 is 44.4 Å². The molecule has 0 spiro atoms. The third-order valence-corrected chi connectivity index (χ3v) is 5.38. The molecule has 1 aromatic carbocycles. The number of amides is 3. The molecule has 0 fully saturated rings. The lowest BCUT2D eigenvalue weighted by molar-refractivity contribution is -0.143. The van der Waals surface area contributed by atoms with Crippen LogP contribution in [0.25, 0.3) is 0 Å². The van der Waals surface area contributed by atoms with Gasteiger partial charge in [0.25, 0.3) is 0 Å². The van der Waals surface area contributed by atoms with E-state index in [4.69, 9.17) is 27.4 Å². The minimum atomic E-state index is -1.55. The van der Waals surface area contributed by atoms with Crippen molar-refractivity contribution in [3.63, 3.8) is 0 Å². The molecule has 0 aliphatic carbocycles. The minimum absolute atomic E-state index is 0.0103. The highest BCUT2D eigenvalue weighted by Gasteiger charge is 2.30. The molecule has 0 bridgehead atoms. The van der Waals surface area contributed by atoms with E-state index in [9.17, 15) is 34.2 Å². The molecule has 16 nitrogen and oxygen atoms in total. The summed E-state index contributed by atoms with van der Waals surface area (Å²) < 4.78 is 0. The number of carboxylic acid groups (broad SMARTS) is 2. The summed E-state index contributed by atoms with van der Waals surface area (Å²) in [6.07, 6.45) is -0.833. The summed E-state index contributed by atoms with van der Waals surface area (Å²) in [5, 5.41) is 44.1. The molecule has 16 heteroatoms. The lowest BCUT2D eigenvalue weighted by Crippen LogP contribution is -2.58. The predicted molar refractivity (Wildman–Crippen MR) is 137 cm³/mol. The number of phenols is 1. The zero-order chi connectivity index (χ0) is 29.5. The van der Waals surface area contributed by atoms with Gasteiger partial charge in [-0.3, -0.25) is 24.2 Å². The molecule has 3 amide bonds. The summed E-state index contributed by atoms with van der Waals surface area (Å²) >= 11 is 0.